The lowest BCUT2D eigenvalue weighted by Gasteiger charge is -2.49. The molecule has 0 radical (unpaired) electrons. The Kier molecular flexibility index (Phi) is 5.91. The third kappa shape index (κ3) is 4.13. The molecule has 3 aliphatic rings. The van der Waals surface area contributed by atoms with Crippen molar-refractivity contribution in [1.29, 1.82) is 0 Å². The summed E-state index contributed by atoms with van der Waals surface area (Å²) in [5.41, 5.74) is 3.31. The maximum Gasteiger partial charge on any atom is 0.225 e. The monoisotopic (exact) mass is 439 g/mol. The maximum absolute atomic E-state index is 13.4. The average molecular weight is 440 g/mol. The summed E-state index contributed by atoms with van der Waals surface area (Å²) in [6, 6.07) is 12.8. The van der Waals surface area contributed by atoms with Gasteiger partial charge >= 0.3 is 0 Å². The van der Waals surface area contributed by atoms with Gasteiger partial charge in [0.15, 0.2) is 0 Å². The first-order valence-electron chi connectivity index (χ1n) is 11.5. The molecule has 0 unspecified atom stereocenters. The minimum atomic E-state index is -0.238. The quantitative estimate of drug-likeness (QED) is 0.776. The average Bonchev–Trinajstić information content (AvgIpc) is 3.35. The molecule has 2 aromatic carbocycles. The van der Waals surface area contributed by atoms with Crippen LogP contribution in [-0.2, 0) is 16.0 Å². The zero-order valence-electron chi connectivity index (χ0n) is 18.4. The van der Waals surface area contributed by atoms with E-state index < -0.39 is 0 Å². The van der Waals surface area contributed by atoms with Gasteiger partial charge < -0.3 is 24.6 Å². The van der Waals surface area contributed by atoms with Crippen LogP contribution in [-0.4, -0.2) is 57.9 Å². The molecule has 0 spiro atoms. The van der Waals surface area contributed by atoms with Gasteiger partial charge in [0, 0.05) is 50.2 Å². The maximum atomic E-state index is 13.4. The third-order valence-corrected chi connectivity index (χ3v) is 6.98. The fourth-order valence-corrected chi connectivity index (χ4v) is 5.24. The van der Waals surface area contributed by atoms with E-state index in [0.717, 1.165) is 49.7 Å². The summed E-state index contributed by atoms with van der Waals surface area (Å²) in [6.45, 7) is 3.66. The summed E-state index contributed by atoms with van der Waals surface area (Å²) >= 11 is 0. The number of fused-ring (bicyclic) bond motifs is 3. The predicted molar refractivity (Wildman–Crippen MR) is 122 cm³/mol. The number of benzene rings is 2. The molecule has 3 atom stereocenters. The molecule has 2 fully saturated rings. The normalized spacial score (nSPS) is 24.6. The second kappa shape index (κ2) is 8.98. The van der Waals surface area contributed by atoms with Crippen LogP contribution in [0.4, 0.5) is 15.8 Å². The van der Waals surface area contributed by atoms with Crippen molar-refractivity contribution in [3.63, 3.8) is 0 Å². The Labute approximate surface area is 188 Å². The number of ether oxygens (including phenoxy) is 2. The lowest BCUT2D eigenvalue weighted by Crippen LogP contribution is -2.61. The van der Waals surface area contributed by atoms with Crippen LogP contribution in [0.3, 0.4) is 0 Å². The molecule has 1 amide bonds. The Morgan fingerprint density at radius 1 is 1.22 bits per heavy atom. The minimum Gasteiger partial charge on any atom is -0.497 e. The number of rotatable bonds is 5. The number of hydrogen-bond acceptors (Lipinski definition) is 5. The fourth-order valence-electron chi connectivity index (χ4n) is 5.24. The van der Waals surface area contributed by atoms with Crippen LogP contribution in [0.25, 0.3) is 0 Å². The summed E-state index contributed by atoms with van der Waals surface area (Å²) in [5, 5.41) is 3.16. The molecular formula is C25H30FN3O3. The predicted octanol–water partition coefficient (Wildman–Crippen LogP) is 3.00. The van der Waals surface area contributed by atoms with Gasteiger partial charge in [0.05, 0.1) is 25.2 Å². The second-order valence-corrected chi connectivity index (χ2v) is 8.87. The number of piperazine rings is 1. The Bertz CT molecular complexity index is 961. The molecule has 2 aromatic rings. The number of carbonyl (C=O) groups is 1. The van der Waals surface area contributed by atoms with Crippen molar-refractivity contribution in [2.45, 2.75) is 31.4 Å². The van der Waals surface area contributed by atoms with Gasteiger partial charge in [0.25, 0.3) is 0 Å². The van der Waals surface area contributed by atoms with Crippen molar-refractivity contribution < 1.29 is 18.7 Å². The van der Waals surface area contributed by atoms with Crippen molar-refractivity contribution >= 4 is 17.3 Å². The van der Waals surface area contributed by atoms with E-state index in [1.807, 2.05) is 18.2 Å². The van der Waals surface area contributed by atoms with Crippen LogP contribution in [0.5, 0.6) is 5.75 Å². The Morgan fingerprint density at radius 3 is 2.81 bits per heavy atom. The standard InChI is InChI=1S/C25H30FN3O3/c1-31-20-9-4-17-13-22(25(30)27-15-21-3-2-12-32-21)24-16-28(10-11-29(24)23(17)14-20)19-7-5-18(26)6-8-19/h4-9,14,21-22,24H,2-3,10-13,15-16H2,1H3,(H,27,30)/t21-,22+,24+/m0/s1. The highest BCUT2D eigenvalue weighted by Gasteiger charge is 2.42. The van der Waals surface area contributed by atoms with E-state index in [9.17, 15) is 9.18 Å². The van der Waals surface area contributed by atoms with E-state index in [2.05, 4.69) is 27.2 Å². The van der Waals surface area contributed by atoms with Crippen molar-refractivity contribution in [1.82, 2.24) is 5.32 Å². The molecule has 1 N–H and O–H groups in total. The van der Waals surface area contributed by atoms with Crippen LogP contribution >= 0.6 is 0 Å². The number of anilines is 2. The van der Waals surface area contributed by atoms with Gasteiger partial charge in [-0.3, -0.25) is 4.79 Å². The first kappa shape index (κ1) is 21.1. The fraction of sp³-hybridized carbons (Fsp3) is 0.480. The van der Waals surface area contributed by atoms with E-state index in [0.29, 0.717) is 19.5 Å². The molecule has 3 heterocycles. The van der Waals surface area contributed by atoms with E-state index in [1.165, 1.54) is 17.7 Å². The molecule has 0 aliphatic carbocycles. The number of nitrogens with one attached hydrogen (secondary N) is 1. The third-order valence-electron chi connectivity index (χ3n) is 6.98. The lowest BCUT2D eigenvalue weighted by molar-refractivity contribution is -0.126. The Morgan fingerprint density at radius 2 is 2.06 bits per heavy atom. The summed E-state index contributed by atoms with van der Waals surface area (Å²) in [4.78, 5) is 18.0. The molecule has 3 aliphatic heterocycles. The number of methoxy groups -OCH3 is 1. The molecular weight excluding hydrogens is 409 g/mol. The topological polar surface area (TPSA) is 54.0 Å². The van der Waals surface area contributed by atoms with E-state index in [4.69, 9.17) is 9.47 Å². The smallest absolute Gasteiger partial charge is 0.225 e. The first-order valence-corrected chi connectivity index (χ1v) is 11.5. The van der Waals surface area contributed by atoms with Gasteiger partial charge in [0.2, 0.25) is 5.91 Å². The molecule has 0 bridgehead atoms. The highest BCUT2D eigenvalue weighted by Crippen LogP contribution is 2.39. The summed E-state index contributed by atoms with van der Waals surface area (Å²) in [5.74, 6) is 0.501. The minimum absolute atomic E-state index is 0.0258. The van der Waals surface area contributed by atoms with Gasteiger partial charge in [0.1, 0.15) is 11.6 Å². The van der Waals surface area contributed by atoms with E-state index in [1.54, 1.807) is 7.11 Å². The van der Waals surface area contributed by atoms with Crippen LogP contribution in [0.15, 0.2) is 42.5 Å². The van der Waals surface area contributed by atoms with E-state index >= 15 is 0 Å². The summed E-state index contributed by atoms with van der Waals surface area (Å²) in [6.07, 6.45) is 2.87. The van der Waals surface area contributed by atoms with Crippen molar-refractivity contribution in [3.8, 4) is 5.75 Å². The van der Waals surface area contributed by atoms with Crippen LogP contribution < -0.4 is 19.9 Å². The zero-order chi connectivity index (χ0) is 22.1. The van der Waals surface area contributed by atoms with Gasteiger partial charge in [-0.25, -0.2) is 4.39 Å². The van der Waals surface area contributed by atoms with Crippen molar-refractivity contribution in [3.05, 3.63) is 53.8 Å². The van der Waals surface area contributed by atoms with Crippen molar-refractivity contribution in [2.75, 3.05) is 49.7 Å². The molecule has 0 aromatic heterocycles. The first-order chi connectivity index (χ1) is 15.6. The summed E-state index contributed by atoms with van der Waals surface area (Å²) < 4.78 is 24.6. The number of amides is 1. The number of halogens is 1. The molecule has 170 valence electrons. The molecule has 7 heteroatoms. The Hall–Kier alpha value is -2.80. The molecule has 0 saturated carbocycles. The van der Waals surface area contributed by atoms with Gasteiger partial charge in [-0.2, -0.15) is 0 Å². The number of hydrogen-bond donors (Lipinski definition) is 1. The highest BCUT2D eigenvalue weighted by atomic mass is 19.1. The number of carbonyl (C=O) groups excluding carboxylic acids is 1. The zero-order valence-corrected chi connectivity index (χ0v) is 18.4. The van der Waals surface area contributed by atoms with E-state index in [-0.39, 0.29) is 29.8 Å². The second-order valence-electron chi connectivity index (χ2n) is 8.87. The molecule has 2 saturated heterocycles. The van der Waals surface area contributed by atoms with Crippen molar-refractivity contribution in [2.24, 2.45) is 5.92 Å². The highest BCUT2D eigenvalue weighted by molar-refractivity contribution is 5.82. The van der Waals surface area contributed by atoms with Gasteiger partial charge in [-0.05, 0) is 55.2 Å². The Balaban J connectivity index is 1.40. The van der Waals surface area contributed by atoms with Crippen LogP contribution in [0, 0.1) is 11.7 Å². The van der Waals surface area contributed by atoms with Gasteiger partial charge in [-0.1, -0.05) is 6.07 Å². The molecule has 32 heavy (non-hydrogen) atoms. The van der Waals surface area contributed by atoms with Crippen LogP contribution in [0.2, 0.25) is 0 Å². The SMILES string of the molecule is COc1ccc2c(c1)N1CCN(c3ccc(F)cc3)C[C@@H]1[C@H](C(=O)NC[C@@H]1CCCO1)C2. The van der Waals surface area contributed by atoms with Gasteiger partial charge in [-0.15, -0.1) is 0 Å². The number of nitrogens with zero attached hydrogens (tertiary/aromatic N) is 2. The van der Waals surface area contributed by atoms with Crippen LogP contribution in [0.1, 0.15) is 18.4 Å². The summed E-state index contributed by atoms with van der Waals surface area (Å²) in [7, 11) is 1.68. The molecule has 6 nitrogen and oxygen atoms in total. The largest absolute Gasteiger partial charge is 0.497 e. The molecule has 5 rings (SSSR count). The lowest BCUT2D eigenvalue weighted by atomic mass is 9.83.